The van der Waals surface area contributed by atoms with Crippen molar-refractivity contribution in [3.05, 3.63) is 0 Å². The summed E-state index contributed by atoms with van der Waals surface area (Å²) in [6.45, 7) is 15.7. The van der Waals surface area contributed by atoms with Crippen LogP contribution in [0.25, 0.3) is 0 Å². The number of hydrogen-bond donors (Lipinski definition) is 0. The lowest BCUT2D eigenvalue weighted by Crippen LogP contribution is -2.49. The standard InChI is InChI=1S/C11H24ClN2P/c1-10(2,3)13-8-7-9-14(15(13)12)11(4,5)6/h7-9H2,1-6H3. The van der Waals surface area contributed by atoms with Crippen LogP contribution in [0.4, 0.5) is 0 Å². The third kappa shape index (κ3) is 3.30. The number of halogens is 1. The van der Waals surface area contributed by atoms with Gasteiger partial charge in [-0.2, -0.15) is 0 Å². The van der Waals surface area contributed by atoms with Gasteiger partial charge in [-0.3, -0.25) is 9.34 Å². The zero-order chi connectivity index (χ0) is 11.9. The zero-order valence-electron chi connectivity index (χ0n) is 10.8. The molecule has 2 nitrogen and oxygen atoms in total. The van der Waals surface area contributed by atoms with E-state index in [4.69, 9.17) is 11.2 Å². The first kappa shape index (κ1) is 13.7. The number of rotatable bonds is 0. The Labute approximate surface area is 101 Å². The van der Waals surface area contributed by atoms with E-state index in [2.05, 4.69) is 50.9 Å². The SMILES string of the molecule is CC(C)(C)N1CCCN(C(C)(C)C)P1Cl. The van der Waals surface area contributed by atoms with Crippen LogP contribution in [-0.4, -0.2) is 33.5 Å². The molecule has 1 aliphatic heterocycles. The van der Waals surface area contributed by atoms with Gasteiger partial charge in [-0.15, -0.1) is 0 Å². The summed E-state index contributed by atoms with van der Waals surface area (Å²) in [6.07, 6.45) is 1.22. The smallest absolute Gasteiger partial charge is 0.141 e. The van der Waals surface area contributed by atoms with Gasteiger partial charge in [0.25, 0.3) is 0 Å². The van der Waals surface area contributed by atoms with Crippen LogP contribution in [0.3, 0.4) is 0 Å². The van der Waals surface area contributed by atoms with Crippen molar-refractivity contribution in [1.82, 2.24) is 9.34 Å². The summed E-state index contributed by atoms with van der Waals surface area (Å²) in [5.74, 6) is 0. The maximum atomic E-state index is 6.63. The Morgan fingerprint density at radius 1 is 0.867 bits per heavy atom. The first-order valence-corrected chi connectivity index (χ1v) is 7.80. The van der Waals surface area contributed by atoms with Crippen LogP contribution in [0.5, 0.6) is 0 Å². The fourth-order valence-corrected chi connectivity index (χ4v) is 5.51. The third-order valence-corrected chi connectivity index (χ3v) is 6.18. The normalized spacial score (nSPS) is 23.4. The van der Waals surface area contributed by atoms with Gasteiger partial charge in [0.2, 0.25) is 0 Å². The van der Waals surface area contributed by atoms with Gasteiger partial charge in [-0.25, -0.2) is 0 Å². The Morgan fingerprint density at radius 3 is 1.47 bits per heavy atom. The molecule has 0 aromatic heterocycles. The van der Waals surface area contributed by atoms with E-state index in [0.29, 0.717) is 0 Å². The summed E-state index contributed by atoms with van der Waals surface area (Å²) in [7, 11) is -0.656. The van der Waals surface area contributed by atoms with E-state index in [1.165, 1.54) is 6.42 Å². The highest BCUT2D eigenvalue weighted by Crippen LogP contribution is 2.57. The van der Waals surface area contributed by atoms with Gasteiger partial charge in [0.1, 0.15) is 7.58 Å². The molecule has 0 N–H and O–H groups in total. The Kier molecular flexibility index (Phi) is 4.10. The Hall–Kier alpha value is 0.640. The molecule has 0 aromatic rings. The van der Waals surface area contributed by atoms with Crippen LogP contribution in [0, 0.1) is 0 Å². The molecule has 15 heavy (non-hydrogen) atoms. The Morgan fingerprint density at radius 2 is 1.20 bits per heavy atom. The number of hydrogen-bond acceptors (Lipinski definition) is 2. The maximum absolute atomic E-state index is 6.63. The molecular weight excluding hydrogens is 227 g/mol. The monoisotopic (exact) mass is 250 g/mol. The topological polar surface area (TPSA) is 6.48 Å². The van der Waals surface area contributed by atoms with Crippen molar-refractivity contribution in [3.8, 4) is 0 Å². The predicted molar refractivity (Wildman–Crippen MR) is 70.3 cm³/mol. The molecule has 0 aromatic carbocycles. The Balaban J connectivity index is 2.81. The van der Waals surface area contributed by atoms with E-state index in [0.717, 1.165) is 13.1 Å². The van der Waals surface area contributed by atoms with Gasteiger partial charge >= 0.3 is 0 Å². The van der Waals surface area contributed by atoms with Crippen LogP contribution >= 0.6 is 18.8 Å². The summed E-state index contributed by atoms with van der Waals surface area (Å²) in [6, 6.07) is 0. The van der Waals surface area contributed by atoms with Crippen molar-refractivity contribution in [2.45, 2.75) is 59.0 Å². The van der Waals surface area contributed by atoms with Gasteiger partial charge in [-0.1, -0.05) is 11.2 Å². The second kappa shape index (κ2) is 4.49. The van der Waals surface area contributed by atoms with E-state index in [-0.39, 0.29) is 11.1 Å². The molecule has 0 aliphatic carbocycles. The van der Waals surface area contributed by atoms with Gasteiger partial charge in [0.15, 0.2) is 0 Å². The minimum atomic E-state index is -0.656. The van der Waals surface area contributed by atoms with E-state index >= 15 is 0 Å². The van der Waals surface area contributed by atoms with Gasteiger partial charge < -0.3 is 0 Å². The first-order chi connectivity index (χ1) is 6.64. The van der Waals surface area contributed by atoms with Crippen LogP contribution in [-0.2, 0) is 0 Å². The molecule has 0 saturated carbocycles. The van der Waals surface area contributed by atoms with Gasteiger partial charge in [0.05, 0.1) is 0 Å². The van der Waals surface area contributed by atoms with Crippen LogP contribution in [0.15, 0.2) is 0 Å². The highest BCUT2D eigenvalue weighted by Gasteiger charge is 2.39. The van der Waals surface area contributed by atoms with Gasteiger partial charge in [-0.05, 0) is 48.0 Å². The molecule has 1 saturated heterocycles. The summed E-state index contributed by atoms with van der Waals surface area (Å²) in [4.78, 5) is 0. The van der Waals surface area contributed by atoms with Crippen molar-refractivity contribution in [2.24, 2.45) is 0 Å². The van der Waals surface area contributed by atoms with Crippen molar-refractivity contribution in [1.29, 1.82) is 0 Å². The van der Waals surface area contributed by atoms with Crippen LogP contribution in [0.2, 0.25) is 0 Å². The molecule has 4 heteroatoms. The van der Waals surface area contributed by atoms with Crippen molar-refractivity contribution < 1.29 is 0 Å². The van der Waals surface area contributed by atoms with E-state index in [1.807, 2.05) is 0 Å². The molecule has 1 heterocycles. The third-order valence-electron chi connectivity index (χ3n) is 2.69. The zero-order valence-corrected chi connectivity index (χ0v) is 12.5. The molecule has 0 amide bonds. The summed E-state index contributed by atoms with van der Waals surface area (Å²) in [5, 5.41) is 0. The highest BCUT2D eigenvalue weighted by molar-refractivity contribution is 7.80. The average molecular weight is 251 g/mol. The van der Waals surface area contributed by atoms with Gasteiger partial charge in [0, 0.05) is 24.2 Å². The molecule has 0 atom stereocenters. The molecule has 0 unspecified atom stereocenters. The molecule has 1 rings (SSSR count). The van der Waals surface area contributed by atoms with Crippen molar-refractivity contribution in [2.75, 3.05) is 13.1 Å². The van der Waals surface area contributed by atoms with Crippen molar-refractivity contribution in [3.63, 3.8) is 0 Å². The molecule has 0 spiro atoms. The fraction of sp³-hybridized carbons (Fsp3) is 1.00. The lowest BCUT2D eigenvalue weighted by molar-refractivity contribution is 0.172. The minimum Gasteiger partial charge on any atom is -0.252 e. The molecular formula is C11H24ClN2P. The molecule has 0 bridgehead atoms. The largest absolute Gasteiger partial charge is 0.252 e. The second-order valence-electron chi connectivity index (χ2n) is 6.18. The Bertz CT molecular complexity index is 198. The molecule has 1 fully saturated rings. The van der Waals surface area contributed by atoms with E-state index < -0.39 is 7.58 Å². The minimum absolute atomic E-state index is 0.178. The lowest BCUT2D eigenvalue weighted by atomic mass is 10.1. The van der Waals surface area contributed by atoms with Crippen LogP contribution in [0.1, 0.15) is 48.0 Å². The first-order valence-electron chi connectivity index (χ1n) is 5.65. The molecule has 90 valence electrons. The maximum Gasteiger partial charge on any atom is 0.141 e. The summed E-state index contributed by atoms with van der Waals surface area (Å²) >= 11 is 6.63. The summed E-state index contributed by atoms with van der Waals surface area (Å²) < 4.78 is 4.89. The summed E-state index contributed by atoms with van der Waals surface area (Å²) in [5.41, 5.74) is 0.356. The predicted octanol–water partition coefficient (Wildman–Crippen LogP) is 4.06. The average Bonchev–Trinajstić information content (AvgIpc) is 1.99. The second-order valence-corrected chi connectivity index (χ2v) is 8.54. The van der Waals surface area contributed by atoms with E-state index in [1.54, 1.807) is 0 Å². The molecule has 1 aliphatic rings. The van der Waals surface area contributed by atoms with E-state index in [9.17, 15) is 0 Å². The fourth-order valence-electron chi connectivity index (χ4n) is 1.83. The number of nitrogens with zero attached hydrogens (tertiary/aromatic N) is 2. The quantitative estimate of drug-likeness (QED) is 0.599. The highest BCUT2D eigenvalue weighted by atomic mass is 35.7. The molecule has 0 radical (unpaired) electrons. The van der Waals surface area contributed by atoms with Crippen molar-refractivity contribution >= 4 is 18.8 Å². The lowest BCUT2D eigenvalue weighted by Gasteiger charge is -2.50. The van der Waals surface area contributed by atoms with Crippen LogP contribution < -0.4 is 0 Å².